The molecule has 0 aromatic heterocycles. The van der Waals surface area contributed by atoms with Crippen LogP contribution >= 0.6 is 0 Å². The summed E-state index contributed by atoms with van der Waals surface area (Å²) >= 11 is 0. The number of ether oxygens (including phenoxy) is 1. The fourth-order valence-electron chi connectivity index (χ4n) is 3.24. The first kappa shape index (κ1) is 18.9. The van der Waals surface area contributed by atoms with E-state index in [1.165, 1.54) is 11.1 Å². The Morgan fingerprint density at radius 1 is 1.11 bits per heavy atom. The highest BCUT2D eigenvalue weighted by Crippen LogP contribution is 2.19. The van der Waals surface area contributed by atoms with Crippen molar-refractivity contribution in [1.29, 1.82) is 0 Å². The Hall–Kier alpha value is -2.86. The van der Waals surface area contributed by atoms with Crippen LogP contribution in [0.3, 0.4) is 0 Å². The zero-order valence-electron chi connectivity index (χ0n) is 15.8. The van der Waals surface area contributed by atoms with Crippen LogP contribution in [-0.2, 0) is 22.6 Å². The molecule has 1 aliphatic rings. The Kier molecular flexibility index (Phi) is 6.08. The maximum absolute atomic E-state index is 12.6. The van der Waals surface area contributed by atoms with Crippen molar-refractivity contribution in [3.05, 3.63) is 59.7 Å². The van der Waals surface area contributed by atoms with Gasteiger partial charge in [0.2, 0.25) is 11.8 Å². The summed E-state index contributed by atoms with van der Waals surface area (Å²) in [4.78, 5) is 28.4. The van der Waals surface area contributed by atoms with Gasteiger partial charge in [-0.1, -0.05) is 30.3 Å². The molecule has 0 aliphatic carbocycles. The lowest BCUT2D eigenvalue weighted by Crippen LogP contribution is -2.43. The summed E-state index contributed by atoms with van der Waals surface area (Å²) in [5.74, 6) is 0.561. The average Bonchev–Trinajstić information content (AvgIpc) is 2.67. The summed E-state index contributed by atoms with van der Waals surface area (Å²) in [7, 11) is 3.36. The number of nitrogens with one attached hydrogen (secondary N) is 1. The molecule has 3 rings (SSSR count). The van der Waals surface area contributed by atoms with Crippen molar-refractivity contribution in [1.82, 2.24) is 9.80 Å². The number of carbonyl (C=O) groups excluding carboxylic acids is 2. The average molecular weight is 367 g/mol. The molecule has 0 saturated heterocycles. The number of methoxy groups -OCH3 is 1. The van der Waals surface area contributed by atoms with Gasteiger partial charge in [-0.3, -0.25) is 14.5 Å². The third-order valence-electron chi connectivity index (χ3n) is 4.66. The van der Waals surface area contributed by atoms with E-state index in [-0.39, 0.29) is 24.9 Å². The van der Waals surface area contributed by atoms with Gasteiger partial charge in [-0.2, -0.15) is 0 Å². The van der Waals surface area contributed by atoms with E-state index in [1.54, 1.807) is 31.2 Å². The molecule has 0 unspecified atom stereocenters. The molecular formula is C21H25N3O3. The van der Waals surface area contributed by atoms with E-state index >= 15 is 0 Å². The Bertz CT molecular complexity index is 822. The first-order valence-corrected chi connectivity index (χ1v) is 9.02. The predicted octanol–water partition coefficient (Wildman–Crippen LogP) is 2.15. The van der Waals surface area contributed by atoms with Gasteiger partial charge < -0.3 is 15.0 Å². The van der Waals surface area contributed by atoms with Crippen LogP contribution in [0, 0.1) is 0 Å². The summed E-state index contributed by atoms with van der Waals surface area (Å²) < 4.78 is 5.15. The Morgan fingerprint density at radius 2 is 1.89 bits per heavy atom. The second kappa shape index (κ2) is 8.68. The third kappa shape index (κ3) is 5.08. The fraction of sp³-hybridized carbons (Fsp3) is 0.333. The minimum Gasteiger partial charge on any atom is -0.497 e. The van der Waals surface area contributed by atoms with Gasteiger partial charge in [0.15, 0.2) is 0 Å². The molecule has 0 fully saturated rings. The second-order valence-corrected chi connectivity index (χ2v) is 6.79. The van der Waals surface area contributed by atoms with Crippen LogP contribution in [0.5, 0.6) is 5.75 Å². The van der Waals surface area contributed by atoms with Gasteiger partial charge in [0.05, 0.1) is 20.2 Å². The molecule has 0 atom stereocenters. The lowest BCUT2D eigenvalue weighted by molar-refractivity contribution is -0.133. The van der Waals surface area contributed by atoms with Crippen molar-refractivity contribution in [3.8, 4) is 5.75 Å². The summed E-state index contributed by atoms with van der Waals surface area (Å²) in [6.07, 6.45) is 0.877. The van der Waals surface area contributed by atoms with E-state index in [9.17, 15) is 9.59 Å². The number of likely N-dealkylation sites (N-methyl/N-ethyl adjacent to an activating group) is 1. The molecular weight excluding hydrogens is 342 g/mol. The molecule has 0 spiro atoms. The monoisotopic (exact) mass is 367 g/mol. The minimum absolute atomic E-state index is 0.0428. The van der Waals surface area contributed by atoms with Crippen LogP contribution in [0.4, 0.5) is 5.69 Å². The van der Waals surface area contributed by atoms with Gasteiger partial charge in [0, 0.05) is 24.8 Å². The van der Waals surface area contributed by atoms with Crippen LogP contribution in [0.25, 0.3) is 0 Å². The molecule has 27 heavy (non-hydrogen) atoms. The molecule has 6 heteroatoms. The first-order valence-electron chi connectivity index (χ1n) is 9.02. The maximum atomic E-state index is 12.6. The molecule has 1 aliphatic heterocycles. The minimum atomic E-state index is -0.164. The zero-order valence-corrected chi connectivity index (χ0v) is 15.8. The van der Waals surface area contributed by atoms with Gasteiger partial charge in [-0.15, -0.1) is 0 Å². The summed E-state index contributed by atoms with van der Waals surface area (Å²) in [5.41, 5.74) is 3.19. The quantitative estimate of drug-likeness (QED) is 0.850. The first-order chi connectivity index (χ1) is 13.0. The Balaban J connectivity index is 1.49. The van der Waals surface area contributed by atoms with Gasteiger partial charge in [0.25, 0.3) is 0 Å². The molecule has 2 amide bonds. The van der Waals surface area contributed by atoms with Crippen LogP contribution in [-0.4, -0.2) is 55.4 Å². The molecule has 1 heterocycles. The van der Waals surface area contributed by atoms with Gasteiger partial charge in [-0.05, 0) is 36.7 Å². The standard InChI is InChI=1S/C21H25N3O3/c1-23(14-20(25)22-18-8-5-9-19(12-18)27-2)15-21(26)24-11-10-16-6-3-4-7-17(16)13-24/h3-9,12H,10-11,13-15H2,1-2H3,(H,22,25). The molecule has 142 valence electrons. The lowest BCUT2D eigenvalue weighted by atomic mass is 10.00. The SMILES string of the molecule is COc1cccc(NC(=O)CN(C)CC(=O)N2CCc3ccccc3C2)c1. The predicted molar refractivity (Wildman–Crippen MR) is 105 cm³/mol. The number of hydrogen-bond donors (Lipinski definition) is 1. The molecule has 1 N–H and O–H groups in total. The van der Waals surface area contributed by atoms with Crippen molar-refractivity contribution in [2.24, 2.45) is 0 Å². The van der Waals surface area contributed by atoms with E-state index in [0.29, 0.717) is 18.0 Å². The summed E-state index contributed by atoms with van der Waals surface area (Å²) in [6.45, 7) is 1.72. The molecule has 6 nitrogen and oxygen atoms in total. The number of carbonyl (C=O) groups is 2. The second-order valence-electron chi connectivity index (χ2n) is 6.79. The maximum Gasteiger partial charge on any atom is 0.238 e. The van der Waals surface area contributed by atoms with E-state index < -0.39 is 0 Å². The number of anilines is 1. The highest BCUT2D eigenvalue weighted by atomic mass is 16.5. The van der Waals surface area contributed by atoms with Crippen LogP contribution in [0.15, 0.2) is 48.5 Å². The van der Waals surface area contributed by atoms with Crippen LogP contribution < -0.4 is 10.1 Å². The topological polar surface area (TPSA) is 61.9 Å². The molecule has 2 aromatic carbocycles. The van der Waals surface area contributed by atoms with Crippen molar-refractivity contribution < 1.29 is 14.3 Å². The lowest BCUT2D eigenvalue weighted by Gasteiger charge is -2.30. The zero-order chi connectivity index (χ0) is 19.2. The molecule has 0 saturated carbocycles. The summed E-state index contributed by atoms with van der Waals surface area (Å²) in [5, 5.41) is 2.83. The number of nitrogens with zero attached hydrogens (tertiary/aromatic N) is 2. The number of benzene rings is 2. The smallest absolute Gasteiger partial charge is 0.238 e. The van der Waals surface area contributed by atoms with E-state index in [0.717, 1.165) is 13.0 Å². The normalized spacial score (nSPS) is 13.2. The van der Waals surface area contributed by atoms with E-state index in [1.807, 2.05) is 29.2 Å². The number of fused-ring (bicyclic) bond motifs is 1. The van der Waals surface area contributed by atoms with Crippen molar-refractivity contribution in [2.45, 2.75) is 13.0 Å². The van der Waals surface area contributed by atoms with Gasteiger partial charge in [-0.25, -0.2) is 0 Å². The van der Waals surface area contributed by atoms with Gasteiger partial charge >= 0.3 is 0 Å². The van der Waals surface area contributed by atoms with Crippen molar-refractivity contribution in [3.63, 3.8) is 0 Å². The largest absolute Gasteiger partial charge is 0.497 e. The van der Waals surface area contributed by atoms with Crippen LogP contribution in [0.2, 0.25) is 0 Å². The van der Waals surface area contributed by atoms with Crippen LogP contribution in [0.1, 0.15) is 11.1 Å². The van der Waals surface area contributed by atoms with Crippen molar-refractivity contribution in [2.75, 3.05) is 39.1 Å². The highest BCUT2D eigenvalue weighted by molar-refractivity contribution is 5.92. The van der Waals surface area contributed by atoms with E-state index in [4.69, 9.17) is 4.74 Å². The molecule has 0 radical (unpaired) electrons. The van der Waals surface area contributed by atoms with Gasteiger partial charge in [0.1, 0.15) is 5.75 Å². The summed E-state index contributed by atoms with van der Waals surface area (Å²) in [6, 6.07) is 15.4. The molecule has 2 aromatic rings. The number of hydrogen-bond acceptors (Lipinski definition) is 4. The number of rotatable bonds is 6. The molecule has 0 bridgehead atoms. The van der Waals surface area contributed by atoms with E-state index in [2.05, 4.69) is 17.4 Å². The third-order valence-corrected chi connectivity index (χ3v) is 4.66. The Morgan fingerprint density at radius 3 is 2.67 bits per heavy atom. The highest BCUT2D eigenvalue weighted by Gasteiger charge is 2.21. The van der Waals surface area contributed by atoms with Crippen molar-refractivity contribution >= 4 is 17.5 Å². The number of amides is 2. The fourth-order valence-corrected chi connectivity index (χ4v) is 3.24. The Labute approximate surface area is 159 Å².